The van der Waals surface area contributed by atoms with Crippen molar-refractivity contribution in [3.05, 3.63) is 54.1 Å². The fourth-order valence-electron chi connectivity index (χ4n) is 2.45. The zero-order chi connectivity index (χ0) is 19.9. The van der Waals surface area contributed by atoms with Gasteiger partial charge in [0.25, 0.3) is 0 Å². The summed E-state index contributed by atoms with van der Waals surface area (Å²) in [4.78, 5) is 14.0. The third-order valence-electron chi connectivity index (χ3n) is 3.98. The molecule has 0 atom stereocenters. The van der Waals surface area contributed by atoms with E-state index >= 15 is 0 Å². The van der Waals surface area contributed by atoms with Crippen LogP contribution in [-0.2, 0) is 4.79 Å². The van der Waals surface area contributed by atoms with E-state index < -0.39 is 5.41 Å². The van der Waals surface area contributed by atoms with Crippen molar-refractivity contribution in [2.24, 2.45) is 5.41 Å². The second-order valence-corrected chi connectivity index (χ2v) is 7.29. The third-order valence-corrected chi connectivity index (χ3v) is 3.98. The van der Waals surface area contributed by atoms with Crippen LogP contribution in [0.1, 0.15) is 32.8 Å². The molecule has 1 amide bonds. The number of hydrogen-bond donors (Lipinski definition) is 0. The Kier molecular flexibility index (Phi) is 6.84. The third kappa shape index (κ3) is 6.03. The van der Waals surface area contributed by atoms with Crippen molar-refractivity contribution in [2.45, 2.75) is 27.2 Å². The molecule has 0 aromatic heterocycles. The number of anilines is 1. The standard InChI is InChI=1S/C22H26N2O3/c1-22(2,3)21(25)24(4)18-8-12-20(13-9-18)27-15-5-14-26-19-10-6-17(16-23)7-11-19/h6-13H,5,14-15H2,1-4H3. The first-order valence-electron chi connectivity index (χ1n) is 8.95. The van der Waals surface area contributed by atoms with Crippen molar-refractivity contribution in [3.8, 4) is 17.6 Å². The highest BCUT2D eigenvalue weighted by atomic mass is 16.5. The number of nitrogens with zero attached hydrogens (tertiary/aromatic N) is 2. The first kappa shape index (κ1) is 20.3. The average molecular weight is 366 g/mol. The van der Waals surface area contributed by atoms with E-state index in [9.17, 15) is 4.79 Å². The fraction of sp³-hybridized carbons (Fsp3) is 0.364. The summed E-state index contributed by atoms with van der Waals surface area (Å²) in [7, 11) is 1.78. The molecular formula is C22H26N2O3. The Balaban J connectivity index is 1.75. The van der Waals surface area contributed by atoms with Crippen molar-refractivity contribution >= 4 is 11.6 Å². The number of rotatable bonds is 7. The summed E-state index contributed by atoms with van der Waals surface area (Å²) in [6.45, 7) is 6.79. The van der Waals surface area contributed by atoms with Crippen LogP contribution in [0.2, 0.25) is 0 Å². The zero-order valence-corrected chi connectivity index (χ0v) is 16.4. The van der Waals surface area contributed by atoms with E-state index in [0.717, 1.165) is 23.6 Å². The van der Waals surface area contributed by atoms with Gasteiger partial charge in [-0.3, -0.25) is 4.79 Å². The van der Waals surface area contributed by atoms with E-state index in [2.05, 4.69) is 6.07 Å². The van der Waals surface area contributed by atoms with Gasteiger partial charge in [-0.05, 0) is 48.5 Å². The molecule has 0 aliphatic heterocycles. The van der Waals surface area contributed by atoms with Crippen LogP contribution in [0.5, 0.6) is 11.5 Å². The summed E-state index contributed by atoms with van der Waals surface area (Å²) in [6.07, 6.45) is 0.740. The van der Waals surface area contributed by atoms with Crippen LogP contribution >= 0.6 is 0 Å². The minimum absolute atomic E-state index is 0.0659. The highest BCUT2D eigenvalue weighted by Crippen LogP contribution is 2.24. The van der Waals surface area contributed by atoms with Crippen molar-refractivity contribution in [1.29, 1.82) is 5.26 Å². The Morgan fingerprint density at radius 3 is 1.89 bits per heavy atom. The smallest absolute Gasteiger partial charge is 0.232 e. The Bertz CT molecular complexity index is 784. The SMILES string of the molecule is CN(C(=O)C(C)(C)C)c1ccc(OCCCOc2ccc(C#N)cc2)cc1. The molecule has 27 heavy (non-hydrogen) atoms. The molecule has 0 aliphatic carbocycles. The topological polar surface area (TPSA) is 62.6 Å². The molecule has 5 heteroatoms. The first-order chi connectivity index (χ1) is 12.8. The number of carbonyl (C=O) groups is 1. The van der Waals surface area contributed by atoms with E-state index in [0.29, 0.717) is 18.8 Å². The van der Waals surface area contributed by atoms with Crippen LogP contribution in [0.15, 0.2) is 48.5 Å². The summed E-state index contributed by atoms with van der Waals surface area (Å²) in [6, 6.07) is 16.6. The molecule has 142 valence electrons. The Morgan fingerprint density at radius 2 is 1.44 bits per heavy atom. The molecule has 0 spiro atoms. The summed E-state index contributed by atoms with van der Waals surface area (Å²) < 4.78 is 11.3. The van der Waals surface area contributed by atoms with Gasteiger partial charge in [0, 0.05) is 24.6 Å². The van der Waals surface area contributed by atoms with Crippen molar-refractivity contribution in [3.63, 3.8) is 0 Å². The maximum absolute atomic E-state index is 12.3. The molecule has 0 unspecified atom stereocenters. The number of hydrogen-bond acceptors (Lipinski definition) is 4. The molecule has 0 fully saturated rings. The summed E-state index contributed by atoms with van der Waals surface area (Å²) >= 11 is 0. The van der Waals surface area contributed by atoms with Crippen molar-refractivity contribution < 1.29 is 14.3 Å². The second kappa shape index (κ2) is 9.09. The monoisotopic (exact) mass is 366 g/mol. The number of benzene rings is 2. The van der Waals surface area contributed by atoms with E-state index in [1.54, 1.807) is 36.2 Å². The maximum Gasteiger partial charge on any atom is 0.232 e. The van der Waals surface area contributed by atoms with Gasteiger partial charge in [0.15, 0.2) is 0 Å². The van der Waals surface area contributed by atoms with E-state index in [-0.39, 0.29) is 5.91 Å². The molecule has 2 aromatic carbocycles. The number of carbonyl (C=O) groups excluding carboxylic acids is 1. The molecule has 2 aromatic rings. The summed E-state index contributed by atoms with van der Waals surface area (Å²) in [5.74, 6) is 1.56. The largest absolute Gasteiger partial charge is 0.493 e. The van der Waals surface area contributed by atoms with Crippen LogP contribution in [0.4, 0.5) is 5.69 Å². The average Bonchev–Trinajstić information content (AvgIpc) is 2.67. The molecule has 5 nitrogen and oxygen atoms in total. The van der Waals surface area contributed by atoms with E-state index in [1.807, 2.05) is 45.0 Å². The van der Waals surface area contributed by atoms with E-state index in [4.69, 9.17) is 14.7 Å². The minimum atomic E-state index is -0.418. The Labute approximate surface area is 161 Å². The zero-order valence-electron chi connectivity index (χ0n) is 16.4. The van der Waals surface area contributed by atoms with Crippen LogP contribution < -0.4 is 14.4 Å². The van der Waals surface area contributed by atoms with Gasteiger partial charge in [0.05, 0.1) is 24.8 Å². The number of amides is 1. The second-order valence-electron chi connectivity index (χ2n) is 7.29. The lowest BCUT2D eigenvalue weighted by Gasteiger charge is -2.26. The lowest BCUT2D eigenvalue weighted by Crippen LogP contribution is -2.36. The van der Waals surface area contributed by atoms with Crippen LogP contribution in [-0.4, -0.2) is 26.2 Å². The molecule has 0 saturated heterocycles. The molecule has 0 aliphatic rings. The Morgan fingerprint density at radius 1 is 0.963 bits per heavy atom. The summed E-state index contributed by atoms with van der Waals surface area (Å²) in [5, 5.41) is 8.77. The first-order valence-corrected chi connectivity index (χ1v) is 8.95. The van der Waals surface area contributed by atoms with Gasteiger partial charge in [-0.1, -0.05) is 20.8 Å². The van der Waals surface area contributed by atoms with Gasteiger partial charge in [-0.25, -0.2) is 0 Å². The molecule has 0 heterocycles. The van der Waals surface area contributed by atoms with Gasteiger partial charge >= 0.3 is 0 Å². The normalized spacial score (nSPS) is 10.8. The fourth-order valence-corrected chi connectivity index (χ4v) is 2.45. The molecule has 2 rings (SSSR count). The molecule has 0 bridgehead atoms. The predicted molar refractivity (Wildman–Crippen MR) is 106 cm³/mol. The molecule has 0 saturated carbocycles. The highest BCUT2D eigenvalue weighted by Gasteiger charge is 2.25. The van der Waals surface area contributed by atoms with Crippen molar-refractivity contribution in [2.75, 3.05) is 25.2 Å². The van der Waals surface area contributed by atoms with Gasteiger partial charge in [-0.2, -0.15) is 5.26 Å². The number of ether oxygens (including phenoxy) is 2. The van der Waals surface area contributed by atoms with Crippen LogP contribution in [0.25, 0.3) is 0 Å². The Hall–Kier alpha value is -3.00. The van der Waals surface area contributed by atoms with Gasteiger partial charge in [0.1, 0.15) is 11.5 Å². The lowest BCUT2D eigenvalue weighted by molar-refractivity contribution is -0.125. The maximum atomic E-state index is 12.3. The minimum Gasteiger partial charge on any atom is -0.493 e. The lowest BCUT2D eigenvalue weighted by atomic mass is 9.95. The predicted octanol–water partition coefficient (Wildman–Crippen LogP) is 4.42. The van der Waals surface area contributed by atoms with Gasteiger partial charge in [-0.15, -0.1) is 0 Å². The van der Waals surface area contributed by atoms with Crippen LogP contribution in [0.3, 0.4) is 0 Å². The highest BCUT2D eigenvalue weighted by molar-refractivity contribution is 5.96. The van der Waals surface area contributed by atoms with Crippen molar-refractivity contribution in [1.82, 2.24) is 0 Å². The van der Waals surface area contributed by atoms with Gasteiger partial charge < -0.3 is 14.4 Å². The quantitative estimate of drug-likeness (QED) is 0.681. The summed E-state index contributed by atoms with van der Waals surface area (Å²) in [5.41, 5.74) is 1.04. The molecular weight excluding hydrogens is 340 g/mol. The molecule has 0 N–H and O–H groups in total. The molecule has 0 radical (unpaired) electrons. The number of nitriles is 1. The van der Waals surface area contributed by atoms with Crippen LogP contribution in [0, 0.1) is 16.7 Å². The van der Waals surface area contributed by atoms with E-state index in [1.165, 1.54) is 0 Å². The van der Waals surface area contributed by atoms with Gasteiger partial charge in [0.2, 0.25) is 5.91 Å².